The monoisotopic (exact) mass is 276 g/mol. The number of hydrogen-bond acceptors (Lipinski definition) is 4. The maximum Gasteiger partial charge on any atom is 0.341 e. The van der Waals surface area contributed by atoms with Crippen LogP contribution in [0.4, 0.5) is 4.39 Å². The summed E-state index contributed by atoms with van der Waals surface area (Å²) in [4.78, 5) is 23.1. The van der Waals surface area contributed by atoms with E-state index in [4.69, 9.17) is 5.11 Å². The van der Waals surface area contributed by atoms with Crippen LogP contribution in [0.3, 0.4) is 0 Å². The molecule has 0 spiro atoms. The van der Waals surface area contributed by atoms with E-state index in [1.807, 2.05) is 0 Å². The van der Waals surface area contributed by atoms with Crippen LogP contribution in [-0.2, 0) is 14.1 Å². The van der Waals surface area contributed by atoms with Crippen molar-refractivity contribution in [1.29, 1.82) is 0 Å². The number of pyridine rings is 1. The minimum absolute atomic E-state index is 0.0297. The molecule has 20 heavy (non-hydrogen) atoms. The first-order valence-corrected chi connectivity index (χ1v) is 5.66. The fourth-order valence-corrected chi connectivity index (χ4v) is 2.32. The van der Waals surface area contributed by atoms with Crippen LogP contribution in [0, 0.1) is 5.82 Å². The van der Waals surface area contributed by atoms with E-state index in [9.17, 15) is 14.0 Å². The van der Waals surface area contributed by atoms with E-state index in [0.717, 1.165) is 6.07 Å². The Kier molecular flexibility index (Phi) is 2.37. The van der Waals surface area contributed by atoms with Gasteiger partial charge >= 0.3 is 5.97 Å². The Morgan fingerprint density at radius 1 is 1.35 bits per heavy atom. The molecule has 1 N–H and O–H groups in total. The zero-order valence-electron chi connectivity index (χ0n) is 10.6. The molecule has 102 valence electrons. The van der Waals surface area contributed by atoms with E-state index in [-0.39, 0.29) is 16.4 Å². The van der Waals surface area contributed by atoms with Crippen molar-refractivity contribution >= 4 is 27.9 Å². The van der Waals surface area contributed by atoms with Gasteiger partial charge < -0.3 is 9.67 Å². The number of rotatable bonds is 1. The average molecular weight is 276 g/mol. The highest BCUT2D eigenvalue weighted by molar-refractivity contribution is 6.04. The quantitative estimate of drug-likeness (QED) is 0.705. The molecule has 3 rings (SSSR count). The predicted molar refractivity (Wildman–Crippen MR) is 68.2 cm³/mol. The summed E-state index contributed by atoms with van der Waals surface area (Å²) in [6, 6.07) is 1.02. The third-order valence-electron chi connectivity index (χ3n) is 3.20. The number of carbonyl (C=O) groups is 1. The van der Waals surface area contributed by atoms with E-state index >= 15 is 0 Å². The molecule has 8 heteroatoms. The summed E-state index contributed by atoms with van der Waals surface area (Å²) >= 11 is 0. The lowest BCUT2D eigenvalue weighted by Crippen LogP contribution is -2.18. The van der Waals surface area contributed by atoms with Gasteiger partial charge in [0.05, 0.1) is 10.9 Å². The molecule has 0 aliphatic rings. The number of benzene rings is 1. The normalized spacial score (nSPS) is 11.3. The third kappa shape index (κ3) is 1.44. The molecule has 2 heterocycles. The highest BCUT2D eigenvalue weighted by atomic mass is 19.1. The molecule has 0 saturated carbocycles. The number of carboxylic acids is 1. The summed E-state index contributed by atoms with van der Waals surface area (Å²) in [5, 5.41) is 16.5. The summed E-state index contributed by atoms with van der Waals surface area (Å²) < 4.78 is 16.8. The second kappa shape index (κ2) is 3.86. The van der Waals surface area contributed by atoms with E-state index in [1.54, 1.807) is 7.05 Å². The first kappa shape index (κ1) is 12.3. The van der Waals surface area contributed by atoms with Gasteiger partial charge in [0.1, 0.15) is 16.6 Å². The lowest BCUT2D eigenvalue weighted by Gasteiger charge is -2.08. The Morgan fingerprint density at radius 2 is 2.05 bits per heavy atom. The highest BCUT2D eigenvalue weighted by Gasteiger charge is 2.19. The van der Waals surface area contributed by atoms with Gasteiger partial charge in [-0.15, -0.1) is 5.10 Å². The van der Waals surface area contributed by atoms with Gasteiger partial charge in [0, 0.05) is 20.3 Å². The lowest BCUT2D eigenvalue weighted by atomic mass is 10.1. The Morgan fingerprint density at radius 3 is 2.70 bits per heavy atom. The number of halogens is 1. The Balaban J connectivity index is 2.64. The van der Waals surface area contributed by atoms with Crippen LogP contribution in [-0.4, -0.2) is 30.6 Å². The van der Waals surface area contributed by atoms with Crippen molar-refractivity contribution in [2.24, 2.45) is 14.1 Å². The lowest BCUT2D eigenvalue weighted by molar-refractivity contribution is 0.0695. The smallest absolute Gasteiger partial charge is 0.341 e. The molecule has 0 aliphatic carbocycles. The van der Waals surface area contributed by atoms with Gasteiger partial charge in [0.25, 0.3) is 0 Å². The van der Waals surface area contributed by atoms with Crippen LogP contribution in [0.25, 0.3) is 21.9 Å². The third-order valence-corrected chi connectivity index (χ3v) is 3.20. The van der Waals surface area contributed by atoms with Gasteiger partial charge in [0.2, 0.25) is 5.43 Å². The van der Waals surface area contributed by atoms with Crippen molar-refractivity contribution in [3.8, 4) is 0 Å². The molecule has 0 unspecified atom stereocenters. The van der Waals surface area contributed by atoms with E-state index < -0.39 is 22.8 Å². The molecule has 0 bridgehead atoms. The molecule has 0 amide bonds. The maximum atomic E-state index is 14.1. The first-order valence-electron chi connectivity index (χ1n) is 5.66. The Labute approximate surface area is 110 Å². The van der Waals surface area contributed by atoms with Crippen molar-refractivity contribution in [3.63, 3.8) is 0 Å². The van der Waals surface area contributed by atoms with Crippen LogP contribution in [0.15, 0.2) is 17.1 Å². The van der Waals surface area contributed by atoms with Gasteiger partial charge in [-0.3, -0.25) is 4.79 Å². The van der Waals surface area contributed by atoms with Crippen LogP contribution >= 0.6 is 0 Å². The molecule has 7 nitrogen and oxygen atoms in total. The molecule has 2 aromatic heterocycles. The molecule has 0 atom stereocenters. The summed E-state index contributed by atoms with van der Waals surface area (Å²) in [7, 11) is 3.11. The first-order chi connectivity index (χ1) is 9.41. The van der Waals surface area contributed by atoms with E-state index in [1.165, 1.54) is 22.5 Å². The number of nitrogens with zero attached hydrogens (tertiary/aromatic N) is 4. The topological polar surface area (TPSA) is 90.0 Å². The SMILES string of the molecule is Cn1cc(C(=O)O)c(=O)c2cc(F)c3c(nnn3C)c21. The van der Waals surface area contributed by atoms with Crippen molar-refractivity contribution in [2.45, 2.75) is 0 Å². The number of carboxylic acid groups (broad SMARTS) is 1. The molecule has 0 aliphatic heterocycles. The number of fused-ring (bicyclic) bond motifs is 3. The largest absolute Gasteiger partial charge is 0.477 e. The van der Waals surface area contributed by atoms with E-state index in [0.29, 0.717) is 5.52 Å². The van der Waals surface area contributed by atoms with Gasteiger partial charge in [-0.2, -0.15) is 0 Å². The van der Waals surface area contributed by atoms with Crippen LogP contribution in [0.5, 0.6) is 0 Å². The van der Waals surface area contributed by atoms with Gasteiger partial charge in [-0.1, -0.05) is 5.21 Å². The Hall–Kier alpha value is -2.77. The zero-order chi connectivity index (χ0) is 14.6. The van der Waals surface area contributed by atoms with Gasteiger partial charge in [0.15, 0.2) is 5.82 Å². The molecular weight excluding hydrogens is 267 g/mol. The second-order valence-electron chi connectivity index (χ2n) is 4.45. The van der Waals surface area contributed by atoms with Crippen molar-refractivity contribution in [2.75, 3.05) is 0 Å². The fraction of sp³-hybridized carbons (Fsp3) is 0.167. The van der Waals surface area contributed by atoms with E-state index in [2.05, 4.69) is 10.3 Å². The van der Waals surface area contributed by atoms with Crippen LogP contribution < -0.4 is 5.43 Å². The van der Waals surface area contributed by atoms with Crippen molar-refractivity contribution in [3.05, 3.63) is 33.9 Å². The molecule has 0 saturated heterocycles. The Bertz CT molecular complexity index is 941. The minimum Gasteiger partial charge on any atom is -0.477 e. The maximum absolute atomic E-state index is 14.1. The van der Waals surface area contributed by atoms with Gasteiger partial charge in [-0.05, 0) is 6.07 Å². The van der Waals surface area contributed by atoms with Crippen LogP contribution in [0.2, 0.25) is 0 Å². The molecule has 3 aromatic rings. The average Bonchev–Trinajstić information content (AvgIpc) is 2.76. The second-order valence-corrected chi connectivity index (χ2v) is 4.45. The summed E-state index contributed by atoms with van der Waals surface area (Å²) in [5.74, 6) is -2.02. The summed E-state index contributed by atoms with van der Waals surface area (Å²) in [5.41, 5.74) is -0.418. The zero-order valence-corrected chi connectivity index (χ0v) is 10.6. The van der Waals surface area contributed by atoms with Gasteiger partial charge in [-0.25, -0.2) is 13.9 Å². The summed E-state index contributed by atoms with van der Waals surface area (Å²) in [6.07, 6.45) is 1.19. The van der Waals surface area contributed by atoms with Crippen molar-refractivity contribution in [1.82, 2.24) is 19.6 Å². The highest BCUT2D eigenvalue weighted by Crippen LogP contribution is 2.24. The molecule has 0 fully saturated rings. The number of aromatic nitrogens is 4. The standard InChI is InChI=1S/C12H9FN4O3/c1-16-4-6(12(19)20)11(18)5-3-7(13)10-8(9(5)16)14-15-17(10)2/h3-4H,1-2H3,(H,19,20). The molecule has 1 aromatic carbocycles. The minimum atomic E-state index is -1.35. The predicted octanol–water partition coefficient (Wildman–Crippen LogP) is 0.657. The number of aromatic carboxylic acids is 1. The van der Waals surface area contributed by atoms with Crippen LogP contribution in [0.1, 0.15) is 10.4 Å². The summed E-state index contributed by atoms with van der Waals surface area (Å²) in [6.45, 7) is 0. The van der Waals surface area contributed by atoms with Crippen molar-refractivity contribution < 1.29 is 14.3 Å². The number of hydrogen-bond donors (Lipinski definition) is 1. The molecular formula is C12H9FN4O3. The molecule has 0 radical (unpaired) electrons. The fourth-order valence-electron chi connectivity index (χ4n) is 2.32. The number of aryl methyl sites for hydroxylation is 2.